The van der Waals surface area contributed by atoms with Gasteiger partial charge in [-0.1, -0.05) is 46.3 Å². The summed E-state index contributed by atoms with van der Waals surface area (Å²) in [5.74, 6) is 0.918. The third kappa shape index (κ3) is 2.49. The first-order chi connectivity index (χ1) is 9.65. The Labute approximate surface area is 126 Å². The van der Waals surface area contributed by atoms with E-state index in [-0.39, 0.29) is 6.04 Å². The molecule has 0 fully saturated rings. The Bertz CT molecular complexity index is 734. The fraction of sp³-hybridized carbons (Fsp3) is 0.188. The molecule has 1 aromatic heterocycles. The lowest BCUT2D eigenvalue weighted by Crippen LogP contribution is -2.17. The van der Waals surface area contributed by atoms with Gasteiger partial charge in [-0.05, 0) is 30.2 Å². The van der Waals surface area contributed by atoms with Crippen LogP contribution in [0.2, 0.25) is 0 Å². The number of nitrogens with two attached hydrogens (primary N) is 1. The molecule has 4 heteroatoms. The van der Waals surface area contributed by atoms with Crippen LogP contribution in [0.15, 0.2) is 53.0 Å². The minimum absolute atomic E-state index is 0.103. The first-order valence-corrected chi connectivity index (χ1v) is 7.36. The SMILES string of the molecule is Cn1c(C(N)Cc2ccccc2)nc2cc(Br)ccc21. The van der Waals surface area contributed by atoms with Crippen LogP contribution in [0.1, 0.15) is 17.4 Å². The number of aryl methyl sites for hydroxylation is 1. The number of imidazole rings is 1. The highest BCUT2D eigenvalue weighted by molar-refractivity contribution is 9.10. The summed E-state index contributed by atoms with van der Waals surface area (Å²) in [5, 5.41) is 0. The van der Waals surface area contributed by atoms with Crippen molar-refractivity contribution >= 4 is 27.0 Å². The summed E-state index contributed by atoms with van der Waals surface area (Å²) < 4.78 is 3.11. The van der Waals surface area contributed by atoms with Gasteiger partial charge in [0.1, 0.15) is 5.82 Å². The van der Waals surface area contributed by atoms with Crippen LogP contribution in [-0.2, 0) is 13.5 Å². The topological polar surface area (TPSA) is 43.8 Å². The van der Waals surface area contributed by atoms with Gasteiger partial charge < -0.3 is 10.3 Å². The molecule has 0 radical (unpaired) electrons. The molecule has 1 atom stereocenters. The number of hydrogen-bond donors (Lipinski definition) is 1. The van der Waals surface area contributed by atoms with E-state index < -0.39 is 0 Å². The summed E-state index contributed by atoms with van der Waals surface area (Å²) in [6, 6.07) is 16.3. The summed E-state index contributed by atoms with van der Waals surface area (Å²) in [6.07, 6.45) is 0.791. The van der Waals surface area contributed by atoms with E-state index in [1.165, 1.54) is 5.56 Å². The molecule has 0 aliphatic heterocycles. The van der Waals surface area contributed by atoms with Crippen molar-refractivity contribution in [2.45, 2.75) is 12.5 Å². The molecule has 3 nitrogen and oxygen atoms in total. The average molecular weight is 330 g/mol. The molecule has 0 saturated carbocycles. The molecule has 0 spiro atoms. The molecule has 20 heavy (non-hydrogen) atoms. The average Bonchev–Trinajstić information content (AvgIpc) is 2.76. The van der Waals surface area contributed by atoms with E-state index >= 15 is 0 Å². The van der Waals surface area contributed by atoms with Crippen LogP contribution in [-0.4, -0.2) is 9.55 Å². The molecular formula is C16H16BrN3. The molecule has 0 aliphatic carbocycles. The smallest absolute Gasteiger partial charge is 0.126 e. The highest BCUT2D eigenvalue weighted by Crippen LogP contribution is 2.23. The van der Waals surface area contributed by atoms with Crippen molar-refractivity contribution in [1.29, 1.82) is 0 Å². The van der Waals surface area contributed by atoms with E-state index in [1.807, 2.05) is 37.4 Å². The van der Waals surface area contributed by atoms with Crippen molar-refractivity contribution in [2.24, 2.45) is 12.8 Å². The number of fused-ring (bicyclic) bond motifs is 1. The Kier molecular flexibility index (Phi) is 3.59. The minimum Gasteiger partial charge on any atom is -0.330 e. The first kappa shape index (κ1) is 13.3. The van der Waals surface area contributed by atoms with E-state index in [4.69, 9.17) is 5.73 Å². The Balaban J connectivity index is 1.95. The van der Waals surface area contributed by atoms with Crippen molar-refractivity contribution in [3.05, 3.63) is 64.4 Å². The Morgan fingerprint density at radius 1 is 1.20 bits per heavy atom. The molecule has 0 bridgehead atoms. The lowest BCUT2D eigenvalue weighted by atomic mass is 10.1. The van der Waals surface area contributed by atoms with Gasteiger partial charge in [-0.2, -0.15) is 0 Å². The van der Waals surface area contributed by atoms with Crippen molar-refractivity contribution in [2.75, 3.05) is 0 Å². The summed E-state index contributed by atoms with van der Waals surface area (Å²) in [4.78, 5) is 4.68. The molecule has 3 rings (SSSR count). The zero-order valence-corrected chi connectivity index (χ0v) is 12.8. The van der Waals surface area contributed by atoms with Crippen LogP contribution in [0.3, 0.4) is 0 Å². The molecule has 0 aliphatic rings. The molecule has 0 saturated heterocycles. The Hall–Kier alpha value is -1.65. The van der Waals surface area contributed by atoms with Gasteiger partial charge in [-0.25, -0.2) is 4.98 Å². The lowest BCUT2D eigenvalue weighted by molar-refractivity contribution is 0.638. The summed E-state index contributed by atoms with van der Waals surface area (Å²) in [6.45, 7) is 0. The van der Waals surface area contributed by atoms with Crippen molar-refractivity contribution in [3.8, 4) is 0 Å². The molecule has 0 amide bonds. The number of rotatable bonds is 3. The van der Waals surface area contributed by atoms with Crippen molar-refractivity contribution < 1.29 is 0 Å². The number of benzene rings is 2. The maximum atomic E-state index is 6.33. The van der Waals surface area contributed by atoms with Gasteiger partial charge in [-0.15, -0.1) is 0 Å². The molecule has 1 unspecified atom stereocenters. The Morgan fingerprint density at radius 2 is 1.95 bits per heavy atom. The van der Waals surface area contributed by atoms with Gasteiger partial charge in [0.05, 0.1) is 17.1 Å². The van der Waals surface area contributed by atoms with Gasteiger partial charge in [0.25, 0.3) is 0 Å². The summed E-state index contributed by atoms with van der Waals surface area (Å²) in [7, 11) is 2.02. The van der Waals surface area contributed by atoms with Crippen LogP contribution in [0.4, 0.5) is 0 Å². The van der Waals surface area contributed by atoms with E-state index in [0.717, 1.165) is 27.8 Å². The standard InChI is InChI=1S/C16H16BrN3/c1-20-15-8-7-12(17)10-14(15)19-16(20)13(18)9-11-5-3-2-4-6-11/h2-8,10,13H,9,18H2,1H3. The largest absolute Gasteiger partial charge is 0.330 e. The zero-order chi connectivity index (χ0) is 14.1. The normalized spacial score (nSPS) is 12.8. The number of hydrogen-bond acceptors (Lipinski definition) is 2. The Morgan fingerprint density at radius 3 is 2.70 bits per heavy atom. The number of halogens is 1. The first-order valence-electron chi connectivity index (χ1n) is 6.56. The number of aromatic nitrogens is 2. The minimum atomic E-state index is -0.103. The van der Waals surface area contributed by atoms with Gasteiger partial charge in [-0.3, -0.25) is 0 Å². The van der Waals surface area contributed by atoms with Crippen LogP contribution >= 0.6 is 15.9 Å². The van der Waals surface area contributed by atoms with Gasteiger partial charge >= 0.3 is 0 Å². The fourth-order valence-corrected chi connectivity index (χ4v) is 2.83. The van der Waals surface area contributed by atoms with E-state index in [1.54, 1.807) is 0 Å². The third-order valence-electron chi connectivity index (χ3n) is 3.51. The fourth-order valence-electron chi connectivity index (χ4n) is 2.48. The zero-order valence-electron chi connectivity index (χ0n) is 11.3. The molecule has 1 heterocycles. The van der Waals surface area contributed by atoms with Crippen molar-refractivity contribution in [1.82, 2.24) is 9.55 Å². The molecule has 3 aromatic rings. The van der Waals surface area contributed by atoms with E-state index in [0.29, 0.717) is 0 Å². The monoisotopic (exact) mass is 329 g/mol. The molecule has 2 N–H and O–H groups in total. The highest BCUT2D eigenvalue weighted by atomic mass is 79.9. The van der Waals surface area contributed by atoms with Gasteiger partial charge in [0, 0.05) is 11.5 Å². The van der Waals surface area contributed by atoms with E-state index in [9.17, 15) is 0 Å². The van der Waals surface area contributed by atoms with Crippen LogP contribution in [0.5, 0.6) is 0 Å². The van der Waals surface area contributed by atoms with Gasteiger partial charge in [0.15, 0.2) is 0 Å². The van der Waals surface area contributed by atoms with Gasteiger partial charge in [0.2, 0.25) is 0 Å². The molecule has 2 aromatic carbocycles. The van der Waals surface area contributed by atoms with Crippen LogP contribution in [0.25, 0.3) is 11.0 Å². The van der Waals surface area contributed by atoms with E-state index in [2.05, 4.69) is 43.7 Å². The number of nitrogens with zero attached hydrogens (tertiary/aromatic N) is 2. The van der Waals surface area contributed by atoms with Crippen molar-refractivity contribution in [3.63, 3.8) is 0 Å². The lowest BCUT2D eigenvalue weighted by Gasteiger charge is -2.11. The second-order valence-electron chi connectivity index (χ2n) is 4.96. The second kappa shape index (κ2) is 5.38. The van der Waals surface area contributed by atoms with Crippen LogP contribution < -0.4 is 5.73 Å². The second-order valence-corrected chi connectivity index (χ2v) is 5.87. The quantitative estimate of drug-likeness (QED) is 0.798. The predicted molar refractivity (Wildman–Crippen MR) is 85.5 cm³/mol. The summed E-state index contributed by atoms with van der Waals surface area (Å²) in [5.41, 5.74) is 9.64. The third-order valence-corrected chi connectivity index (χ3v) is 4.00. The summed E-state index contributed by atoms with van der Waals surface area (Å²) >= 11 is 3.48. The molecule has 102 valence electrons. The maximum Gasteiger partial charge on any atom is 0.126 e. The molecular weight excluding hydrogens is 314 g/mol. The predicted octanol–water partition coefficient (Wildman–Crippen LogP) is 3.58. The maximum absolute atomic E-state index is 6.33. The highest BCUT2D eigenvalue weighted by Gasteiger charge is 2.15. The van der Waals surface area contributed by atoms with Crippen LogP contribution in [0, 0.1) is 0 Å².